The molecule has 3 rings (SSSR count). The third-order valence-corrected chi connectivity index (χ3v) is 4.27. The predicted molar refractivity (Wildman–Crippen MR) is 76.9 cm³/mol. The molecule has 0 spiro atoms. The number of ether oxygens (including phenoxy) is 2. The summed E-state index contributed by atoms with van der Waals surface area (Å²) >= 11 is 0. The summed E-state index contributed by atoms with van der Waals surface area (Å²) in [6, 6.07) is 5.68. The lowest BCUT2D eigenvalue weighted by Gasteiger charge is -2.35. The minimum atomic E-state index is -0.831. The van der Waals surface area contributed by atoms with Crippen molar-refractivity contribution in [3.05, 3.63) is 34.9 Å². The van der Waals surface area contributed by atoms with Crippen LogP contribution in [-0.2, 0) is 22.7 Å². The Morgan fingerprint density at radius 1 is 1.24 bits per heavy atom. The second-order valence-corrected chi connectivity index (χ2v) is 5.97. The molecule has 0 aliphatic carbocycles. The summed E-state index contributed by atoms with van der Waals surface area (Å²) in [5.74, 6) is -0.0652. The second-order valence-electron chi connectivity index (χ2n) is 5.97. The fourth-order valence-corrected chi connectivity index (χ4v) is 2.95. The van der Waals surface area contributed by atoms with Gasteiger partial charge in [-0.05, 0) is 23.3 Å². The zero-order valence-corrected chi connectivity index (χ0v) is 12.3. The topological polar surface area (TPSA) is 59.0 Å². The number of amides is 1. The van der Waals surface area contributed by atoms with E-state index in [0.717, 1.165) is 11.1 Å². The minimum Gasteiger partial charge on any atom is -0.388 e. The van der Waals surface area contributed by atoms with Gasteiger partial charge in [0.1, 0.15) is 0 Å². The maximum absolute atomic E-state index is 12.5. The summed E-state index contributed by atoms with van der Waals surface area (Å²) in [7, 11) is 1.74. The number of rotatable bonds is 3. The fraction of sp³-hybridized carbons (Fsp3) is 0.562. The van der Waals surface area contributed by atoms with Gasteiger partial charge in [-0.25, -0.2) is 0 Å². The maximum Gasteiger partial charge on any atom is 0.253 e. The number of fused-ring (bicyclic) bond motifs is 1. The van der Waals surface area contributed by atoms with Crippen molar-refractivity contribution in [1.29, 1.82) is 0 Å². The Morgan fingerprint density at radius 3 is 2.71 bits per heavy atom. The molecule has 114 valence electrons. The number of hydrogen-bond acceptors (Lipinski definition) is 4. The van der Waals surface area contributed by atoms with Crippen LogP contribution in [0.1, 0.15) is 34.3 Å². The van der Waals surface area contributed by atoms with Crippen LogP contribution in [0.25, 0.3) is 0 Å². The first-order valence-corrected chi connectivity index (χ1v) is 7.33. The highest BCUT2D eigenvalue weighted by atomic mass is 16.5. The molecule has 1 aromatic carbocycles. The Balaban J connectivity index is 1.69. The van der Waals surface area contributed by atoms with Crippen LogP contribution >= 0.6 is 0 Å². The Labute approximate surface area is 124 Å². The summed E-state index contributed by atoms with van der Waals surface area (Å²) in [6.07, 6.45) is 1.14. The minimum absolute atomic E-state index is 0.0652. The van der Waals surface area contributed by atoms with Crippen molar-refractivity contribution in [2.24, 2.45) is 0 Å². The summed E-state index contributed by atoms with van der Waals surface area (Å²) in [5.41, 5.74) is 2.05. The van der Waals surface area contributed by atoms with Crippen LogP contribution in [0.2, 0.25) is 0 Å². The molecule has 5 nitrogen and oxygen atoms in total. The highest BCUT2D eigenvalue weighted by Gasteiger charge is 2.32. The van der Waals surface area contributed by atoms with Gasteiger partial charge in [0.15, 0.2) is 0 Å². The molecular weight excluding hydrogens is 270 g/mol. The van der Waals surface area contributed by atoms with Gasteiger partial charge in [0.25, 0.3) is 5.91 Å². The van der Waals surface area contributed by atoms with Crippen molar-refractivity contribution in [1.82, 2.24) is 4.90 Å². The number of hydrogen-bond donors (Lipinski definition) is 1. The monoisotopic (exact) mass is 291 g/mol. The maximum atomic E-state index is 12.5. The predicted octanol–water partition coefficient (Wildman–Crippen LogP) is 1.33. The number of likely N-dealkylation sites (N-methyl/N-ethyl adjacent to an activating group) is 1. The van der Waals surface area contributed by atoms with Crippen LogP contribution in [0.3, 0.4) is 0 Å². The molecule has 5 heteroatoms. The van der Waals surface area contributed by atoms with E-state index in [-0.39, 0.29) is 5.91 Å². The van der Waals surface area contributed by atoms with E-state index in [1.54, 1.807) is 11.9 Å². The molecular formula is C16H21NO4. The highest BCUT2D eigenvalue weighted by molar-refractivity contribution is 5.94. The van der Waals surface area contributed by atoms with Crippen molar-refractivity contribution in [3.63, 3.8) is 0 Å². The normalized spacial score (nSPS) is 20.1. The zero-order chi connectivity index (χ0) is 14.9. The van der Waals surface area contributed by atoms with Crippen LogP contribution in [0.15, 0.2) is 18.2 Å². The molecule has 1 saturated heterocycles. The smallest absolute Gasteiger partial charge is 0.253 e. The Kier molecular flexibility index (Phi) is 3.97. The lowest BCUT2D eigenvalue weighted by atomic mass is 9.93. The van der Waals surface area contributed by atoms with Crippen LogP contribution in [0.5, 0.6) is 0 Å². The third kappa shape index (κ3) is 3.10. The molecule has 2 aliphatic rings. The van der Waals surface area contributed by atoms with Crippen molar-refractivity contribution in [2.75, 3.05) is 26.8 Å². The molecule has 1 amide bonds. The van der Waals surface area contributed by atoms with E-state index in [1.807, 2.05) is 18.2 Å². The van der Waals surface area contributed by atoms with E-state index < -0.39 is 5.60 Å². The molecule has 0 unspecified atom stereocenters. The van der Waals surface area contributed by atoms with Gasteiger partial charge in [0.2, 0.25) is 0 Å². The quantitative estimate of drug-likeness (QED) is 0.913. The Morgan fingerprint density at radius 2 is 1.95 bits per heavy atom. The molecule has 2 heterocycles. The fourth-order valence-electron chi connectivity index (χ4n) is 2.95. The second kappa shape index (κ2) is 5.75. The van der Waals surface area contributed by atoms with E-state index in [2.05, 4.69) is 0 Å². The average Bonchev–Trinajstić information content (AvgIpc) is 2.94. The molecule has 0 aromatic heterocycles. The SMILES string of the molecule is CN(CC1(O)CCOCC1)C(=O)c1ccc2c(c1)COC2. The zero-order valence-electron chi connectivity index (χ0n) is 12.3. The molecule has 0 radical (unpaired) electrons. The van der Waals surface area contributed by atoms with E-state index in [0.29, 0.717) is 51.4 Å². The van der Waals surface area contributed by atoms with E-state index in [9.17, 15) is 9.90 Å². The first-order valence-electron chi connectivity index (χ1n) is 7.33. The third-order valence-electron chi connectivity index (χ3n) is 4.27. The van der Waals surface area contributed by atoms with Crippen molar-refractivity contribution in [3.8, 4) is 0 Å². The van der Waals surface area contributed by atoms with Crippen molar-refractivity contribution < 1.29 is 19.4 Å². The van der Waals surface area contributed by atoms with E-state index in [1.165, 1.54) is 0 Å². The average molecular weight is 291 g/mol. The van der Waals surface area contributed by atoms with Crippen LogP contribution in [0, 0.1) is 0 Å². The first-order chi connectivity index (χ1) is 10.1. The lowest BCUT2D eigenvalue weighted by molar-refractivity contribution is -0.0734. The van der Waals surface area contributed by atoms with Gasteiger partial charge in [-0.2, -0.15) is 0 Å². The van der Waals surface area contributed by atoms with Gasteiger partial charge in [0, 0.05) is 45.2 Å². The van der Waals surface area contributed by atoms with Gasteiger partial charge in [-0.1, -0.05) is 6.07 Å². The van der Waals surface area contributed by atoms with Gasteiger partial charge >= 0.3 is 0 Å². The van der Waals surface area contributed by atoms with Gasteiger partial charge < -0.3 is 19.5 Å². The van der Waals surface area contributed by atoms with Crippen molar-refractivity contribution >= 4 is 5.91 Å². The largest absolute Gasteiger partial charge is 0.388 e. The molecule has 2 aliphatic heterocycles. The Hall–Kier alpha value is -1.43. The molecule has 0 atom stereocenters. The standard InChI is InChI=1S/C16H21NO4/c1-17(11-16(19)4-6-20-7-5-16)15(18)12-2-3-13-9-21-10-14(13)8-12/h2-3,8,19H,4-7,9-11H2,1H3. The Bertz CT molecular complexity index is 537. The first kappa shape index (κ1) is 14.5. The summed E-state index contributed by atoms with van der Waals surface area (Å²) in [5, 5.41) is 10.5. The van der Waals surface area contributed by atoms with Gasteiger partial charge in [-0.3, -0.25) is 4.79 Å². The van der Waals surface area contributed by atoms with Crippen LogP contribution in [0.4, 0.5) is 0 Å². The van der Waals surface area contributed by atoms with Crippen LogP contribution in [-0.4, -0.2) is 48.3 Å². The number of carbonyl (C=O) groups excluding carboxylic acids is 1. The highest BCUT2D eigenvalue weighted by Crippen LogP contribution is 2.24. The van der Waals surface area contributed by atoms with E-state index >= 15 is 0 Å². The molecule has 0 bridgehead atoms. The van der Waals surface area contributed by atoms with Gasteiger partial charge in [-0.15, -0.1) is 0 Å². The number of benzene rings is 1. The number of carbonyl (C=O) groups is 1. The van der Waals surface area contributed by atoms with E-state index in [4.69, 9.17) is 9.47 Å². The summed E-state index contributed by atoms with van der Waals surface area (Å²) < 4.78 is 10.6. The van der Waals surface area contributed by atoms with Crippen molar-refractivity contribution in [2.45, 2.75) is 31.7 Å². The summed E-state index contributed by atoms with van der Waals surface area (Å²) in [6.45, 7) is 2.63. The lowest BCUT2D eigenvalue weighted by Crippen LogP contribution is -2.47. The molecule has 21 heavy (non-hydrogen) atoms. The molecule has 1 fully saturated rings. The number of aliphatic hydroxyl groups is 1. The molecule has 1 N–H and O–H groups in total. The van der Waals surface area contributed by atoms with Gasteiger partial charge in [0.05, 0.1) is 18.8 Å². The molecule has 1 aromatic rings. The van der Waals surface area contributed by atoms with Crippen LogP contribution < -0.4 is 0 Å². The molecule has 0 saturated carbocycles. The summed E-state index contributed by atoms with van der Waals surface area (Å²) in [4.78, 5) is 14.1. The number of nitrogens with zero attached hydrogens (tertiary/aromatic N) is 1.